The molecule has 2 aromatic rings. The van der Waals surface area contributed by atoms with Crippen LogP contribution in [0.15, 0.2) is 34.2 Å². The number of nitrogens with one attached hydrogen (secondary N) is 1. The number of aryl methyl sites for hydroxylation is 1. The van der Waals surface area contributed by atoms with Gasteiger partial charge in [-0.2, -0.15) is 0 Å². The quantitative estimate of drug-likeness (QED) is 0.934. The Morgan fingerprint density at radius 1 is 1.38 bits per heavy atom. The zero-order chi connectivity index (χ0) is 11.4. The van der Waals surface area contributed by atoms with Gasteiger partial charge in [0.05, 0.1) is 0 Å². The largest absolute Gasteiger partial charge is 0.306 e. The van der Waals surface area contributed by atoms with Crippen molar-refractivity contribution in [3.8, 4) is 0 Å². The summed E-state index contributed by atoms with van der Waals surface area (Å²) < 4.78 is 0.921. The van der Waals surface area contributed by atoms with E-state index in [-0.39, 0.29) is 0 Å². The second-order valence-electron chi connectivity index (χ2n) is 3.66. The Balaban J connectivity index is 1.84. The summed E-state index contributed by atoms with van der Waals surface area (Å²) in [4.78, 5) is 4.33. The van der Waals surface area contributed by atoms with Gasteiger partial charge in [-0.1, -0.05) is 29.8 Å². The zero-order valence-electron chi connectivity index (χ0n) is 9.03. The molecule has 4 heteroatoms. The van der Waals surface area contributed by atoms with Crippen molar-refractivity contribution in [1.29, 1.82) is 0 Å². The Kier molecular flexibility index (Phi) is 4.09. The molecule has 1 aromatic heterocycles. The van der Waals surface area contributed by atoms with E-state index in [1.54, 1.807) is 11.3 Å². The number of thiazole rings is 1. The molecule has 0 aliphatic heterocycles. The van der Waals surface area contributed by atoms with Crippen molar-refractivity contribution in [3.63, 3.8) is 0 Å². The molecule has 1 N–H and O–H groups in total. The van der Waals surface area contributed by atoms with Gasteiger partial charge < -0.3 is 5.32 Å². The summed E-state index contributed by atoms with van der Waals surface area (Å²) in [6.45, 7) is 3.82. The molecule has 0 bridgehead atoms. The lowest BCUT2D eigenvalue weighted by Gasteiger charge is -2.03. The molecule has 0 aliphatic carbocycles. The van der Waals surface area contributed by atoms with Gasteiger partial charge in [-0.15, -0.1) is 11.3 Å². The predicted molar refractivity (Wildman–Crippen MR) is 71.5 cm³/mol. The molecule has 1 aromatic carbocycles. The molecule has 0 unspecified atom stereocenters. The smallest absolute Gasteiger partial charge is 0.117 e. The third-order valence-corrected chi connectivity index (χ3v) is 3.77. The van der Waals surface area contributed by atoms with Crippen LogP contribution in [0.4, 0.5) is 0 Å². The molecule has 0 atom stereocenters. The number of benzene rings is 1. The molecule has 84 valence electrons. The topological polar surface area (TPSA) is 24.9 Å². The van der Waals surface area contributed by atoms with Gasteiger partial charge in [0.15, 0.2) is 0 Å². The van der Waals surface area contributed by atoms with Crippen LogP contribution in [0, 0.1) is 6.92 Å². The summed E-state index contributed by atoms with van der Waals surface area (Å²) in [6, 6.07) is 8.54. The van der Waals surface area contributed by atoms with Crippen molar-refractivity contribution < 1.29 is 0 Å². The van der Waals surface area contributed by atoms with Gasteiger partial charge >= 0.3 is 0 Å². The lowest BCUT2D eigenvalue weighted by atomic mass is 10.1. The highest BCUT2D eigenvalue weighted by molar-refractivity contribution is 9.10. The van der Waals surface area contributed by atoms with Crippen molar-refractivity contribution in [2.45, 2.75) is 20.0 Å². The van der Waals surface area contributed by atoms with Gasteiger partial charge in [-0.3, -0.25) is 0 Å². The van der Waals surface area contributed by atoms with Crippen molar-refractivity contribution in [2.24, 2.45) is 0 Å². The van der Waals surface area contributed by atoms with Crippen LogP contribution in [0.3, 0.4) is 0 Å². The van der Waals surface area contributed by atoms with E-state index in [1.165, 1.54) is 11.1 Å². The minimum atomic E-state index is 0.824. The summed E-state index contributed by atoms with van der Waals surface area (Å²) in [5, 5.41) is 6.50. The molecule has 2 nitrogen and oxygen atoms in total. The minimum Gasteiger partial charge on any atom is -0.306 e. The highest BCUT2D eigenvalue weighted by atomic mass is 79.9. The predicted octanol–water partition coefficient (Wildman–Crippen LogP) is 3.50. The number of halogens is 1. The molecular formula is C12H13BrN2S. The van der Waals surface area contributed by atoms with Crippen LogP contribution < -0.4 is 5.32 Å². The van der Waals surface area contributed by atoms with Gasteiger partial charge in [0, 0.05) is 18.5 Å². The maximum absolute atomic E-state index is 4.33. The maximum Gasteiger partial charge on any atom is 0.117 e. The highest BCUT2D eigenvalue weighted by Crippen LogP contribution is 2.14. The van der Waals surface area contributed by atoms with Crippen LogP contribution in [0.1, 0.15) is 16.1 Å². The second-order valence-corrected chi connectivity index (χ2v) is 5.41. The van der Waals surface area contributed by atoms with Crippen LogP contribution in [0.2, 0.25) is 0 Å². The average Bonchev–Trinajstić information content (AvgIpc) is 2.64. The first-order chi connectivity index (χ1) is 7.74. The average molecular weight is 297 g/mol. The number of hydrogen-bond donors (Lipinski definition) is 1. The SMILES string of the molecule is Cc1cccc(CNCc2nc(Br)cs2)c1. The van der Waals surface area contributed by atoms with E-state index in [1.807, 2.05) is 5.38 Å². The molecule has 16 heavy (non-hydrogen) atoms. The van der Waals surface area contributed by atoms with Gasteiger partial charge in [-0.25, -0.2) is 4.98 Å². The summed E-state index contributed by atoms with van der Waals surface area (Å²) in [5.74, 6) is 0. The summed E-state index contributed by atoms with van der Waals surface area (Å²) in [7, 11) is 0. The van der Waals surface area contributed by atoms with Crippen LogP contribution >= 0.6 is 27.3 Å². The van der Waals surface area contributed by atoms with Crippen molar-refractivity contribution in [2.75, 3.05) is 0 Å². The van der Waals surface area contributed by atoms with Gasteiger partial charge in [0.2, 0.25) is 0 Å². The molecule has 0 saturated heterocycles. The summed E-state index contributed by atoms with van der Waals surface area (Å²) >= 11 is 5.02. The molecule has 0 fully saturated rings. The third-order valence-electron chi connectivity index (χ3n) is 2.21. The van der Waals surface area contributed by atoms with Crippen molar-refractivity contribution in [3.05, 3.63) is 50.4 Å². The molecule has 0 spiro atoms. The molecule has 0 saturated carbocycles. The fourth-order valence-electron chi connectivity index (χ4n) is 1.51. The van der Waals surface area contributed by atoms with Gasteiger partial charge in [-0.05, 0) is 28.4 Å². The number of aromatic nitrogens is 1. The first kappa shape index (κ1) is 11.8. The van der Waals surface area contributed by atoms with Gasteiger partial charge in [0.25, 0.3) is 0 Å². The fourth-order valence-corrected chi connectivity index (χ4v) is 2.74. The lowest BCUT2D eigenvalue weighted by Crippen LogP contribution is -2.12. The van der Waals surface area contributed by atoms with Crippen LogP contribution in [-0.4, -0.2) is 4.98 Å². The Labute approximate surface area is 108 Å². The van der Waals surface area contributed by atoms with E-state index < -0.39 is 0 Å². The summed E-state index contributed by atoms with van der Waals surface area (Å²) in [5.41, 5.74) is 2.62. The van der Waals surface area contributed by atoms with E-state index in [0.29, 0.717) is 0 Å². The minimum absolute atomic E-state index is 0.824. The van der Waals surface area contributed by atoms with Gasteiger partial charge in [0.1, 0.15) is 9.61 Å². The Bertz CT molecular complexity index is 468. The van der Waals surface area contributed by atoms with Crippen molar-refractivity contribution in [1.82, 2.24) is 10.3 Å². The van der Waals surface area contributed by atoms with E-state index in [0.717, 1.165) is 22.7 Å². The highest BCUT2D eigenvalue weighted by Gasteiger charge is 1.99. The molecular weight excluding hydrogens is 284 g/mol. The zero-order valence-corrected chi connectivity index (χ0v) is 11.4. The third kappa shape index (κ3) is 3.40. The fraction of sp³-hybridized carbons (Fsp3) is 0.250. The summed E-state index contributed by atoms with van der Waals surface area (Å²) in [6.07, 6.45) is 0. The number of nitrogens with zero attached hydrogens (tertiary/aromatic N) is 1. The monoisotopic (exact) mass is 296 g/mol. The standard InChI is InChI=1S/C12H13BrN2S/c1-9-3-2-4-10(5-9)6-14-7-12-15-11(13)8-16-12/h2-5,8,14H,6-7H2,1H3. The second kappa shape index (κ2) is 5.57. The van der Waals surface area contributed by atoms with E-state index in [9.17, 15) is 0 Å². The first-order valence-electron chi connectivity index (χ1n) is 5.10. The normalized spacial score (nSPS) is 10.6. The molecule has 2 rings (SSSR count). The maximum atomic E-state index is 4.33. The van der Waals surface area contributed by atoms with Crippen molar-refractivity contribution >= 4 is 27.3 Å². The van der Waals surface area contributed by atoms with Crippen LogP contribution in [-0.2, 0) is 13.1 Å². The molecule has 0 aliphatic rings. The van der Waals surface area contributed by atoms with E-state index in [2.05, 4.69) is 57.4 Å². The molecule has 0 amide bonds. The van der Waals surface area contributed by atoms with Crippen LogP contribution in [0.5, 0.6) is 0 Å². The lowest BCUT2D eigenvalue weighted by molar-refractivity contribution is 0.689. The molecule has 1 heterocycles. The first-order valence-corrected chi connectivity index (χ1v) is 6.77. The Hall–Kier alpha value is -0.710. The Morgan fingerprint density at radius 3 is 2.94 bits per heavy atom. The van der Waals surface area contributed by atoms with E-state index in [4.69, 9.17) is 0 Å². The molecule has 0 radical (unpaired) electrons. The number of hydrogen-bond acceptors (Lipinski definition) is 3. The number of rotatable bonds is 4. The van der Waals surface area contributed by atoms with E-state index >= 15 is 0 Å². The van der Waals surface area contributed by atoms with Crippen LogP contribution in [0.25, 0.3) is 0 Å². The Morgan fingerprint density at radius 2 is 2.25 bits per heavy atom.